The number of amides is 1. The molecule has 0 spiro atoms. The van der Waals surface area contributed by atoms with Gasteiger partial charge in [-0.2, -0.15) is 0 Å². The summed E-state index contributed by atoms with van der Waals surface area (Å²) in [5.41, 5.74) is 3.64. The van der Waals surface area contributed by atoms with Crippen LogP contribution in [-0.4, -0.2) is 67.3 Å². The maximum Gasteiger partial charge on any atom is 0.255 e. The molecular weight excluding hydrogens is 546 g/mol. The first-order valence-electron chi connectivity index (χ1n) is 13.2. The van der Waals surface area contributed by atoms with Gasteiger partial charge in [0.15, 0.2) is 5.75 Å². The monoisotopic (exact) mass is 583 g/mol. The molecule has 1 amide bonds. The minimum atomic E-state index is -0.300. The summed E-state index contributed by atoms with van der Waals surface area (Å²) in [7, 11) is 3.73. The number of piperazine rings is 1. The van der Waals surface area contributed by atoms with Crippen molar-refractivity contribution in [1.82, 2.24) is 14.8 Å². The molecule has 3 aromatic rings. The van der Waals surface area contributed by atoms with Crippen LogP contribution in [0.1, 0.15) is 42.4 Å². The van der Waals surface area contributed by atoms with Crippen molar-refractivity contribution in [2.24, 2.45) is 0 Å². The molecule has 0 aliphatic carbocycles. The third-order valence-electron chi connectivity index (χ3n) is 6.81. The molecule has 0 saturated carbocycles. The Balaban J connectivity index is 1.54. The fraction of sp³-hybridized carbons (Fsp3) is 0.400. The van der Waals surface area contributed by atoms with Crippen molar-refractivity contribution in [3.63, 3.8) is 0 Å². The molecule has 10 heteroatoms. The Morgan fingerprint density at radius 1 is 1.07 bits per heavy atom. The highest BCUT2D eigenvalue weighted by atomic mass is 35.5. The quantitative estimate of drug-likeness (QED) is 0.276. The average molecular weight is 584 g/mol. The van der Waals surface area contributed by atoms with E-state index in [1.807, 2.05) is 24.5 Å². The number of rotatable bonds is 9. The summed E-state index contributed by atoms with van der Waals surface area (Å²) in [6, 6.07) is 12.7. The fourth-order valence-electron chi connectivity index (χ4n) is 4.45. The summed E-state index contributed by atoms with van der Waals surface area (Å²) in [4.78, 5) is 22.6. The van der Waals surface area contributed by atoms with Crippen molar-refractivity contribution in [1.29, 1.82) is 0 Å². The molecule has 1 aromatic heterocycles. The lowest BCUT2D eigenvalue weighted by Crippen LogP contribution is -2.43. The van der Waals surface area contributed by atoms with Gasteiger partial charge in [0, 0.05) is 56.8 Å². The first-order valence-corrected chi connectivity index (χ1v) is 14.8. The summed E-state index contributed by atoms with van der Waals surface area (Å²) < 4.78 is 15.1. The lowest BCUT2D eigenvalue weighted by atomic mass is 9.86. The Morgan fingerprint density at radius 2 is 1.80 bits per heavy atom. The number of ether oxygens (including phenoxy) is 2. The van der Waals surface area contributed by atoms with Crippen LogP contribution in [0.2, 0.25) is 5.02 Å². The van der Waals surface area contributed by atoms with E-state index in [1.54, 1.807) is 37.6 Å². The number of pyridine rings is 1. The van der Waals surface area contributed by atoms with Crippen LogP contribution in [0.15, 0.2) is 48.7 Å². The summed E-state index contributed by atoms with van der Waals surface area (Å²) in [6.07, 6.45) is 3.68. The minimum absolute atomic E-state index is 0.129. The Bertz CT molecular complexity index is 1340. The molecule has 4 rings (SSSR count). The highest BCUT2D eigenvalue weighted by molar-refractivity contribution is 7.99. The normalized spacial score (nSPS) is 14.6. The topological polar surface area (TPSA) is 79.0 Å². The van der Waals surface area contributed by atoms with Gasteiger partial charge in [-0.1, -0.05) is 44.3 Å². The van der Waals surface area contributed by atoms with E-state index in [1.165, 1.54) is 11.9 Å². The number of benzene rings is 2. The van der Waals surface area contributed by atoms with Gasteiger partial charge in [0.25, 0.3) is 5.91 Å². The van der Waals surface area contributed by atoms with Gasteiger partial charge in [0.2, 0.25) is 0 Å². The van der Waals surface area contributed by atoms with E-state index in [-0.39, 0.29) is 11.3 Å². The average Bonchev–Trinajstić information content (AvgIpc) is 2.91. The van der Waals surface area contributed by atoms with Gasteiger partial charge < -0.3 is 24.4 Å². The number of halogens is 1. The molecule has 40 heavy (non-hydrogen) atoms. The van der Waals surface area contributed by atoms with Crippen LogP contribution in [0.3, 0.4) is 0 Å². The zero-order valence-electron chi connectivity index (χ0n) is 24.0. The van der Waals surface area contributed by atoms with Gasteiger partial charge in [-0.05, 0) is 54.4 Å². The molecule has 0 bridgehead atoms. The molecule has 1 aliphatic rings. The van der Waals surface area contributed by atoms with Gasteiger partial charge in [0.1, 0.15) is 11.5 Å². The predicted octanol–water partition coefficient (Wildman–Crippen LogP) is 6.52. The van der Waals surface area contributed by atoms with E-state index < -0.39 is 0 Å². The number of nitrogens with zero attached hydrogens (tertiary/aromatic N) is 3. The molecule has 8 nitrogen and oxygen atoms in total. The number of hydrogen-bond donors (Lipinski definition) is 2. The first kappa shape index (κ1) is 30.0. The molecule has 1 saturated heterocycles. The Labute approximate surface area is 246 Å². The standard InChI is InChI=1S/C30H38ClN5O3S/c1-30(2,3)21-16-25(28(38-5)26(17-21)34-40-6)33-29(37)20-7-8-24(31)27(15-20)39-23-9-10-32-22(18-23)19-36-13-11-35(4)12-14-36/h7-10,15-18,34H,11-14,19H2,1-6H3,(H,33,37). The van der Waals surface area contributed by atoms with Crippen molar-refractivity contribution in [3.05, 3.63) is 70.5 Å². The molecule has 1 fully saturated rings. The van der Waals surface area contributed by atoms with Crippen LogP contribution in [0.5, 0.6) is 17.2 Å². The lowest BCUT2D eigenvalue weighted by Gasteiger charge is -2.32. The van der Waals surface area contributed by atoms with Gasteiger partial charge in [0.05, 0.1) is 29.2 Å². The zero-order valence-corrected chi connectivity index (χ0v) is 25.6. The van der Waals surface area contributed by atoms with E-state index in [9.17, 15) is 4.79 Å². The van der Waals surface area contributed by atoms with E-state index in [0.717, 1.165) is 49.7 Å². The van der Waals surface area contributed by atoms with Gasteiger partial charge in [-0.15, -0.1) is 0 Å². The summed E-state index contributed by atoms with van der Waals surface area (Å²) in [5.74, 6) is 1.27. The predicted molar refractivity (Wildman–Crippen MR) is 165 cm³/mol. The molecule has 2 N–H and O–H groups in total. The zero-order chi connectivity index (χ0) is 28.9. The molecule has 2 heterocycles. The molecular formula is C30H38ClN5O3S. The third kappa shape index (κ3) is 7.60. The van der Waals surface area contributed by atoms with Crippen LogP contribution >= 0.6 is 23.5 Å². The molecule has 214 valence electrons. The van der Waals surface area contributed by atoms with Crippen LogP contribution in [0.25, 0.3) is 0 Å². The Hall–Kier alpha value is -2.98. The van der Waals surface area contributed by atoms with Crippen LogP contribution < -0.4 is 19.5 Å². The van der Waals surface area contributed by atoms with Crippen molar-refractivity contribution >= 4 is 40.8 Å². The highest BCUT2D eigenvalue weighted by Crippen LogP contribution is 2.40. The van der Waals surface area contributed by atoms with E-state index in [2.05, 4.69) is 52.6 Å². The van der Waals surface area contributed by atoms with E-state index in [4.69, 9.17) is 21.1 Å². The maximum absolute atomic E-state index is 13.4. The van der Waals surface area contributed by atoms with Gasteiger partial charge >= 0.3 is 0 Å². The SMILES string of the molecule is COc1c(NSC)cc(C(C)(C)C)cc1NC(=O)c1ccc(Cl)c(Oc2ccnc(CN3CCN(C)CC3)c2)c1. The second kappa shape index (κ2) is 13.1. The van der Waals surface area contributed by atoms with Crippen LogP contribution in [0, 0.1) is 0 Å². The maximum atomic E-state index is 13.4. The lowest BCUT2D eigenvalue weighted by molar-refractivity contribution is 0.102. The number of nitrogens with one attached hydrogen (secondary N) is 2. The van der Waals surface area contributed by atoms with Crippen molar-refractivity contribution in [2.75, 3.05) is 56.6 Å². The van der Waals surface area contributed by atoms with E-state index in [0.29, 0.717) is 33.5 Å². The number of carbonyl (C=O) groups excluding carboxylic acids is 1. The molecule has 0 radical (unpaired) electrons. The number of methoxy groups -OCH3 is 1. The second-order valence-corrected chi connectivity index (χ2v) is 11.9. The van der Waals surface area contributed by atoms with E-state index >= 15 is 0 Å². The number of hydrogen-bond acceptors (Lipinski definition) is 8. The summed E-state index contributed by atoms with van der Waals surface area (Å²) in [6.45, 7) is 11.2. The minimum Gasteiger partial charge on any atom is -0.492 e. The Morgan fingerprint density at radius 3 is 2.48 bits per heavy atom. The highest BCUT2D eigenvalue weighted by Gasteiger charge is 2.22. The first-order chi connectivity index (χ1) is 19.1. The summed E-state index contributed by atoms with van der Waals surface area (Å²) in [5, 5.41) is 3.44. The largest absolute Gasteiger partial charge is 0.492 e. The number of likely N-dealkylation sites (N-methyl/N-ethyl adjacent to an activating group) is 1. The molecule has 1 aliphatic heterocycles. The van der Waals surface area contributed by atoms with Gasteiger partial charge in [-0.3, -0.25) is 14.7 Å². The molecule has 0 atom stereocenters. The summed E-state index contributed by atoms with van der Waals surface area (Å²) >= 11 is 7.94. The Kier molecular flexibility index (Phi) is 9.84. The van der Waals surface area contributed by atoms with Crippen LogP contribution in [0.4, 0.5) is 11.4 Å². The number of anilines is 2. The van der Waals surface area contributed by atoms with Crippen molar-refractivity contribution < 1.29 is 14.3 Å². The fourth-order valence-corrected chi connectivity index (χ4v) is 4.97. The molecule has 0 unspecified atom stereocenters. The smallest absolute Gasteiger partial charge is 0.255 e. The van der Waals surface area contributed by atoms with Crippen molar-refractivity contribution in [3.8, 4) is 17.2 Å². The number of aromatic nitrogens is 1. The third-order valence-corrected chi connectivity index (χ3v) is 7.55. The van der Waals surface area contributed by atoms with Crippen LogP contribution in [-0.2, 0) is 12.0 Å². The second-order valence-electron chi connectivity index (χ2n) is 10.9. The number of carbonyl (C=O) groups is 1. The molecule has 2 aromatic carbocycles. The van der Waals surface area contributed by atoms with Gasteiger partial charge in [-0.25, -0.2) is 0 Å². The van der Waals surface area contributed by atoms with Crippen molar-refractivity contribution in [2.45, 2.75) is 32.7 Å².